The Balaban J connectivity index is 2.02. The maximum absolute atomic E-state index is 12.9. The zero-order chi connectivity index (χ0) is 16.4. The quantitative estimate of drug-likeness (QED) is 0.280. The molecule has 0 bridgehead atoms. The SMILES string of the molecule is CC1(C)SC(=S)N(c2ccccc2)[C@@H]1/[N+]([O-])=C/c1cccnc1. The Hall–Kier alpha value is -1.92. The Morgan fingerprint density at radius 2 is 2.00 bits per heavy atom. The largest absolute Gasteiger partial charge is 0.622 e. The molecular formula is C17H17N3OS2. The van der Waals surface area contributed by atoms with E-state index in [-0.39, 0.29) is 4.75 Å². The van der Waals surface area contributed by atoms with E-state index in [4.69, 9.17) is 12.2 Å². The average molecular weight is 343 g/mol. The number of benzene rings is 1. The van der Waals surface area contributed by atoms with Crippen LogP contribution in [0, 0.1) is 5.21 Å². The van der Waals surface area contributed by atoms with E-state index in [0.717, 1.165) is 16.0 Å². The minimum absolute atomic E-state index is 0.326. The molecule has 0 aliphatic carbocycles. The van der Waals surface area contributed by atoms with Gasteiger partial charge in [0.05, 0.1) is 5.56 Å². The molecule has 1 fully saturated rings. The molecule has 1 aromatic heterocycles. The van der Waals surface area contributed by atoms with Gasteiger partial charge < -0.3 is 5.21 Å². The maximum atomic E-state index is 12.9. The van der Waals surface area contributed by atoms with Crippen LogP contribution in [0.2, 0.25) is 0 Å². The van der Waals surface area contributed by atoms with Crippen molar-refractivity contribution >= 4 is 40.2 Å². The van der Waals surface area contributed by atoms with Crippen LogP contribution in [0.1, 0.15) is 19.4 Å². The van der Waals surface area contributed by atoms with Crippen LogP contribution in [0.15, 0.2) is 54.9 Å². The number of hydroxylamine groups is 1. The number of pyridine rings is 1. The second-order valence-corrected chi connectivity index (χ2v) is 8.11. The zero-order valence-electron chi connectivity index (χ0n) is 12.9. The molecule has 0 radical (unpaired) electrons. The third-order valence-electron chi connectivity index (χ3n) is 3.65. The van der Waals surface area contributed by atoms with Gasteiger partial charge in [0.25, 0.3) is 6.17 Å². The van der Waals surface area contributed by atoms with Crippen molar-refractivity contribution in [3.63, 3.8) is 0 Å². The molecule has 2 aromatic rings. The molecule has 1 aromatic carbocycles. The summed E-state index contributed by atoms with van der Waals surface area (Å²) >= 11 is 7.08. The monoisotopic (exact) mass is 343 g/mol. The van der Waals surface area contributed by atoms with Gasteiger partial charge in [0.15, 0.2) is 6.21 Å². The van der Waals surface area contributed by atoms with Gasteiger partial charge in [0, 0.05) is 18.1 Å². The molecule has 2 heterocycles. The fraction of sp³-hybridized carbons (Fsp3) is 0.235. The van der Waals surface area contributed by atoms with Crippen LogP contribution in [0.3, 0.4) is 0 Å². The normalized spacial score (nSPS) is 20.8. The number of rotatable bonds is 3. The van der Waals surface area contributed by atoms with Gasteiger partial charge in [-0.3, -0.25) is 9.88 Å². The molecular weight excluding hydrogens is 326 g/mol. The lowest BCUT2D eigenvalue weighted by Crippen LogP contribution is -2.48. The fourth-order valence-corrected chi connectivity index (χ4v) is 4.58. The molecule has 0 amide bonds. The maximum Gasteiger partial charge on any atom is 0.258 e. The second kappa shape index (κ2) is 6.29. The molecule has 0 unspecified atom stereocenters. The number of thiocarbonyl (C=S) groups is 1. The topological polar surface area (TPSA) is 42.2 Å². The van der Waals surface area contributed by atoms with Gasteiger partial charge in [0.1, 0.15) is 9.07 Å². The van der Waals surface area contributed by atoms with Crippen LogP contribution in [0.25, 0.3) is 0 Å². The van der Waals surface area contributed by atoms with Crippen molar-refractivity contribution in [1.82, 2.24) is 4.98 Å². The predicted octanol–water partition coefficient (Wildman–Crippen LogP) is 3.65. The van der Waals surface area contributed by atoms with Crippen molar-refractivity contribution < 1.29 is 4.74 Å². The lowest BCUT2D eigenvalue weighted by Gasteiger charge is -2.29. The number of nitrogens with zero attached hydrogens (tertiary/aromatic N) is 3. The Bertz CT molecular complexity index is 732. The van der Waals surface area contributed by atoms with Gasteiger partial charge >= 0.3 is 0 Å². The van der Waals surface area contributed by atoms with E-state index in [1.165, 1.54) is 0 Å². The number of thioether (sulfide) groups is 1. The highest BCUT2D eigenvalue weighted by atomic mass is 32.2. The highest BCUT2D eigenvalue weighted by Crippen LogP contribution is 2.43. The van der Waals surface area contributed by atoms with Gasteiger partial charge in [-0.05, 0) is 38.1 Å². The van der Waals surface area contributed by atoms with E-state index in [2.05, 4.69) is 4.98 Å². The fourth-order valence-electron chi connectivity index (χ4n) is 2.66. The Morgan fingerprint density at radius 3 is 2.65 bits per heavy atom. The van der Waals surface area contributed by atoms with Crippen LogP contribution in [-0.4, -0.2) is 31.2 Å². The minimum Gasteiger partial charge on any atom is -0.622 e. The third-order valence-corrected chi connectivity index (χ3v) is 5.20. The lowest BCUT2D eigenvalue weighted by molar-refractivity contribution is -0.497. The summed E-state index contributed by atoms with van der Waals surface area (Å²) in [4.78, 5) is 5.98. The molecule has 1 aliphatic heterocycles. The van der Waals surface area contributed by atoms with E-state index in [0.29, 0.717) is 4.32 Å². The van der Waals surface area contributed by atoms with Gasteiger partial charge in [-0.2, -0.15) is 4.74 Å². The molecule has 1 atom stereocenters. The number of hydrogen-bond acceptors (Lipinski definition) is 4. The summed E-state index contributed by atoms with van der Waals surface area (Å²) in [5.41, 5.74) is 1.70. The molecule has 1 saturated heterocycles. The first-order valence-electron chi connectivity index (χ1n) is 7.27. The second-order valence-electron chi connectivity index (χ2n) is 5.83. The van der Waals surface area contributed by atoms with Crippen LogP contribution < -0.4 is 4.90 Å². The van der Waals surface area contributed by atoms with E-state index in [1.54, 1.807) is 30.4 Å². The predicted molar refractivity (Wildman–Crippen MR) is 100 cm³/mol. The number of hydrogen-bond donors (Lipinski definition) is 0. The molecule has 1 aliphatic rings. The molecule has 0 saturated carbocycles. The molecule has 0 N–H and O–H groups in total. The zero-order valence-corrected chi connectivity index (χ0v) is 14.6. The standard InChI is InChI=1S/C17H17N3OS2/c1-17(2)15(19(21)12-13-7-6-10-18-11-13)20(16(22)23-17)14-8-4-3-5-9-14/h3-12,15H,1-2H3/b19-12-/t15-/m0/s1. The van der Waals surface area contributed by atoms with Gasteiger partial charge in [-0.15, -0.1) is 0 Å². The molecule has 6 heteroatoms. The van der Waals surface area contributed by atoms with Crippen molar-refractivity contribution in [2.75, 3.05) is 4.90 Å². The Morgan fingerprint density at radius 1 is 1.26 bits per heavy atom. The number of aromatic nitrogens is 1. The molecule has 4 nitrogen and oxygen atoms in total. The third kappa shape index (κ3) is 3.23. The van der Waals surface area contributed by atoms with Crippen molar-refractivity contribution in [3.8, 4) is 0 Å². The van der Waals surface area contributed by atoms with E-state index >= 15 is 0 Å². The van der Waals surface area contributed by atoms with Gasteiger partial charge in [-0.1, -0.05) is 42.2 Å². The number of anilines is 1. The highest BCUT2D eigenvalue weighted by Gasteiger charge is 2.51. The van der Waals surface area contributed by atoms with Crippen molar-refractivity contribution in [1.29, 1.82) is 0 Å². The molecule has 0 spiro atoms. The minimum atomic E-state index is -0.414. The average Bonchev–Trinajstić information content (AvgIpc) is 2.78. The summed E-state index contributed by atoms with van der Waals surface area (Å²) in [6, 6.07) is 13.5. The summed E-state index contributed by atoms with van der Waals surface area (Å²) in [6.45, 7) is 4.08. The summed E-state index contributed by atoms with van der Waals surface area (Å²) < 4.78 is 1.37. The highest BCUT2D eigenvalue weighted by molar-refractivity contribution is 8.24. The summed E-state index contributed by atoms with van der Waals surface area (Å²) in [5.74, 6) is 0. The summed E-state index contributed by atoms with van der Waals surface area (Å²) in [5, 5.41) is 12.9. The first-order valence-corrected chi connectivity index (χ1v) is 8.49. The Kier molecular flexibility index (Phi) is 4.37. The van der Waals surface area contributed by atoms with Crippen molar-refractivity contribution in [2.45, 2.75) is 24.8 Å². The van der Waals surface area contributed by atoms with Crippen molar-refractivity contribution in [2.24, 2.45) is 0 Å². The summed E-state index contributed by atoms with van der Waals surface area (Å²) in [6.07, 6.45) is 4.52. The van der Waals surface area contributed by atoms with Gasteiger partial charge in [0.2, 0.25) is 0 Å². The number of para-hydroxylation sites is 1. The molecule has 3 rings (SSSR count). The van der Waals surface area contributed by atoms with Crippen LogP contribution >= 0.6 is 24.0 Å². The first-order chi connectivity index (χ1) is 11.0. The first kappa shape index (κ1) is 16.0. The summed E-state index contributed by atoms with van der Waals surface area (Å²) in [7, 11) is 0. The van der Waals surface area contributed by atoms with E-state index in [9.17, 15) is 5.21 Å². The van der Waals surface area contributed by atoms with Gasteiger partial charge in [-0.25, -0.2) is 0 Å². The Labute approximate surface area is 145 Å². The van der Waals surface area contributed by atoms with Crippen LogP contribution in [0.4, 0.5) is 5.69 Å². The van der Waals surface area contributed by atoms with Crippen molar-refractivity contribution in [3.05, 3.63) is 65.6 Å². The lowest BCUT2D eigenvalue weighted by atomic mass is 10.1. The van der Waals surface area contributed by atoms with E-state index in [1.807, 2.05) is 61.2 Å². The smallest absolute Gasteiger partial charge is 0.258 e. The van der Waals surface area contributed by atoms with Crippen LogP contribution in [0.5, 0.6) is 0 Å². The van der Waals surface area contributed by atoms with E-state index < -0.39 is 6.17 Å². The van der Waals surface area contributed by atoms with Crippen LogP contribution in [-0.2, 0) is 0 Å². The molecule has 23 heavy (non-hydrogen) atoms. The molecule has 118 valence electrons.